The van der Waals surface area contributed by atoms with Crippen molar-refractivity contribution in [2.24, 2.45) is 16.7 Å². The van der Waals surface area contributed by atoms with Crippen molar-refractivity contribution in [2.45, 2.75) is 60.3 Å². The normalized spacial score (nSPS) is 24.8. The maximum atomic E-state index is 4.38. The first-order chi connectivity index (χ1) is 8.21. The summed E-state index contributed by atoms with van der Waals surface area (Å²) >= 11 is 0. The Labute approximate surface area is 112 Å². The predicted octanol–water partition coefficient (Wildman–Crippen LogP) is 4.82. The molecule has 0 bridgehead atoms. The molecule has 1 aliphatic carbocycles. The molecule has 0 N–H and O–H groups in total. The maximum absolute atomic E-state index is 4.38. The first kappa shape index (κ1) is 13.6. The SMILES string of the molecule is CC(C)(C)C1CCc2ccncc2C1C(C)(C)C. The zero-order valence-electron chi connectivity index (χ0n) is 12.7. The third kappa shape index (κ3) is 2.46. The van der Waals surface area contributed by atoms with Crippen molar-refractivity contribution in [3.8, 4) is 0 Å². The van der Waals surface area contributed by atoms with Crippen LogP contribution in [0.15, 0.2) is 18.5 Å². The molecule has 18 heavy (non-hydrogen) atoms. The molecule has 2 rings (SSSR count). The third-order valence-electron chi connectivity index (χ3n) is 4.45. The fourth-order valence-corrected chi connectivity index (χ4v) is 3.64. The molecule has 0 aromatic carbocycles. The lowest BCUT2D eigenvalue weighted by atomic mass is 9.57. The second-order valence-electron chi connectivity index (χ2n) is 7.93. The Bertz CT molecular complexity index is 420. The number of hydrogen-bond acceptors (Lipinski definition) is 1. The number of nitrogens with zero attached hydrogens (tertiary/aromatic N) is 1. The van der Waals surface area contributed by atoms with E-state index < -0.39 is 0 Å². The average Bonchev–Trinajstić information content (AvgIpc) is 2.24. The van der Waals surface area contributed by atoms with E-state index >= 15 is 0 Å². The van der Waals surface area contributed by atoms with Crippen LogP contribution in [0.4, 0.5) is 0 Å². The van der Waals surface area contributed by atoms with Gasteiger partial charge in [0.1, 0.15) is 0 Å². The Morgan fingerprint density at radius 1 is 1.06 bits per heavy atom. The number of aromatic nitrogens is 1. The Kier molecular flexibility index (Phi) is 3.29. The molecule has 0 spiro atoms. The van der Waals surface area contributed by atoms with Crippen LogP contribution < -0.4 is 0 Å². The zero-order chi connectivity index (χ0) is 13.6. The highest BCUT2D eigenvalue weighted by Crippen LogP contribution is 2.52. The van der Waals surface area contributed by atoms with Gasteiger partial charge in [0.15, 0.2) is 0 Å². The van der Waals surface area contributed by atoms with E-state index in [1.807, 2.05) is 6.20 Å². The maximum Gasteiger partial charge on any atom is 0.0305 e. The molecule has 1 aliphatic rings. The quantitative estimate of drug-likeness (QED) is 0.638. The highest BCUT2D eigenvalue weighted by Gasteiger charge is 2.42. The summed E-state index contributed by atoms with van der Waals surface area (Å²) < 4.78 is 0. The van der Waals surface area contributed by atoms with Gasteiger partial charge in [0, 0.05) is 12.4 Å². The molecule has 2 atom stereocenters. The first-order valence-corrected chi connectivity index (χ1v) is 7.14. The lowest BCUT2D eigenvalue weighted by Crippen LogP contribution is -2.37. The minimum absolute atomic E-state index is 0.302. The highest BCUT2D eigenvalue weighted by molar-refractivity contribution is 5.32. The van der Waals surface area contributed by atoms with E-state index in [9.17, 15) is 0 Å². The van der Waals surface area contributed by atoms with Crippen LogP contribution in [-0.2, 0) is 6.42 Å². The van der Waals surface area contributed by atoms with Crippen LogP contribution in [0.5, 0.6) is 0 Å². The monoisotopic (exact) mass is 245 g/mol. The number of aryl methyl sites for hydroxylation is 1. The Balaban J connectivity index is 2.50. The number of fused-ring (bicyclic) bond motifs is 1. The fourth-order valence-electron chi connectivity index (χ4n) is 3.64. The van der Waals surface area contributed by atoms with Gasteiger partial charge in [-0.1, -0.05) is 41.5 Å². The van der Waals surface area contributed by atoms with E-state index in [4.69, 9.17) is 0 Å². The number of pyridine rings is 1. The molecule has 0 aliphatic heterocycles. The summed E-state index contributed by atoms with van der Waals surface area (Å²) in [5.41, 5.74) is 3.68. The van der Waals surface area contributed by atoms with Gasteiger partial charge in [0.2, 0.25) is 0 Å². The largest absolute Gasteiger partial charge is 0.264 e. The van der Waals surface area contributed by atoms with Crippen LogP contribution in [0, 0.1) is 16.7 Å². The van der Waals surface area contributed by atoms with Gasteiger partial charge >= 0.3 is 0 Å². The van der Waals surface area contributed by atoms with Crippen molar-refractivity contribution in [3.05, 3.63) is 29.6 Å². The van der Waals surface area contributed by atoms with Crippen LogP contribution in [0.2, 0.25) is 0 Å². The van der Waals surface area contributed by atoms with E-state index in [0.29, 0.717) is 16.7 Å². The third-order valence-corrected chi connectivity index (χ3v) is 4.45. The van der Waals surface area contributed by atoms with Gasteiger partial charge in [0.25, 0.3) is 0 Å². The fraction of sp³-hybridized carbons (Fsp3) is 0.706. The van der Waals surface area contributed by atoms with E-state index in [1.54, 1.807) is 0 Å². The van der Waals surface area contributed by atoms with E-state index in [2.05, 4.69) is 58.8 Å². The van der Waals surface area contributed by atoms with Crippen LogP contribution in [0.3, 0.4) is 0 Å². The second kappa shape index (κ2) is 4.36. The van der Waals surface area contributed by atoms with Gasteiger partial charge in [-0.15, -0.1) is 0 Å². The summed E-state index contributed by atoms with van der Waals surface area (Å²) in [7, 11) is 0. The van der Waals surface area contributed by atoms with E-state index in [1.165, 1.54) is 24.0 Å². The number of hydrogen-bond donors (Lipinski definition) is 0. The molecule has 0 amide bonds. The molecule has 1 heterocycles. The van der Waals surface area contributed by atoms with Crippen molar-refractivity contribution in [1.29, 1.82) is 0 Å². The van der Waals surface area contributed by atoms with Gasteiger partial charge < -0.3 is 0 Å². The molecule has 1 aromatic rings. The van der Waals surface area contributed by atoms with Crippen molar-refractivity contribution in [2.75, 3.05) is 0 Å². The Morgan fingerprint density at radius 3 is 2.28 bits per heavy atom. The molecule has 100 valence electrons. The Hall–Kier alpha value is -0.850. The van der Waals surface area contributed by atoms with Crippen LogP contribution in [0.1, 0.15) is 65.0 Å². The van der Waals surface area contributed by atoms with Crippen LogP contribution in [0.25, 0.3) is 0 Å². The minimum Gasteiger partial charge on any atom is -0.264 e. The van der Waals surface area contributed by atoms with Crippen LogP contribution in [-0.4, -0.2) is 4.98 Å². The lowest BCUT2D eigenvalue weighted by molar-refractivity contribution is 0.108. The second-order valence-corrected chi connectivity index (χ2v) is 7.93. The summed E-state index contributed by atoms with van der Waals surface area (Å²) in [6.45, 7) is 14.3. The smallest absolute Gasteiger partial charge is 0.0305 e. The molecule has 2 unspecified atom stereocenters. The van der Waals surface area contributed by atoms with E-state index in [-0.39, 0.29) is 0 Å². The number of rotatable bonds is 0. The average molecular weight is 245 g/mol. The van der Waals surface area contributed by atoms with Gasteiger partial charge in [-0.2, -0.15) is 0 Å². The van der Waals surface area contributed by atoms with Crippen molar-refractivity contribution in [1.82, 2.24) is 4.98 Å². The topological polar surface area (TPSA) is 12.9 Å². The van der Waals surface area contributed by atoms with Crippen molar-refractivity contribution in [3.63, 3.8) is 0 Å². The van der Waals surface area contributed by atoms with E-state index in [0.717, 1.165) is 5.92 Å². The molecule has 0 saturated carbocycles. The van der Waals surface area contributed by atoms with Crippen molar-refractivity contribution < 1.29 is 0 Å². The summed E-state index contributed by atoms with van der Waals surface area (Å²) in [5, 5.41) is 0. The summed E-state index contributed by atoms with van der Waals surface area (Å²) in [6, 6.07) is 2.22. The Morgan fingerprint density at radius 2 is 1.72 bits per heavy atom. The molecule has 0 fully saturated rings. The zero-order valence-corrected chi connectivity index (χ0v) is 12.7. The summed E-state index contributed by atoms with van der Waals surface area (Å²) in [5.74, 6) is 1.36. The van der Waals surface area contributed by atoms with Gasteiger partial charge in [-0.05, 0) is 52.7 Å². The molecular formula is C17H27N. The standard InChI is InChI=1S/C17H27N/c1-16(2,3)14-8-7-12-9-10-18-11-13(12)15(14)17(4,5)6/h9-11,14-15H,7-8H2,1-6H3. The van der Waals surface area contributed by atoms with Crippen LogP contribution >= 0.6 is 0 Å². The van der Waals surface area contributed by atoms with Gasteiger partial charge in [0.05, 0.1) is 0 Å². The molecule has 1 nitrogen and oxygen atoms in total. The minimum atomic E-state index is 0.302. The van der Waals surface area contributed by atoms with Gasteiger partial charge in [-0.3, -0.25) is 4.98 Å². The molecule has 0 saturated heterocycles. The molecule has 0 radical (unpaired) electrons. The first-order valence-electron chi connectivity index (χ1n) is 7.14. The molecule has 1 aromatic heterocycles. The predicted molar refractivity (Wildman–Crippen MR) is 77.7 cm³/mol. The lowest BCUT2D eigenvalue weighted by Gasteiger charge is -2.47. The van der Waals surface area contributed by atoms with Crippen molar-refractivity contribution >= 4 is 0 Å². The summed E-state index contributed by atoms with van der Waals surface area (Å²) in [4.78, 5) is 4.38. The molecular weight excluding hydrogens is 218 g/mol. The molecule has 1 heteroatoms. The van der Waals surface area contributed by atoms with Gasteiger partial charge in [-0.25, -0.2) is 0 Å². The highest BCUT2D eigenvalue weighted by atomic mass is 14.6. The summed E-state index contributed by atoms with van der Waals surface area (Å²) in [6.07, 6.45) is 6.58.